The maximum atomic E-state index is 13.2. The van der Waals surface area contributed by atoms with Crippen LogP contribution in [0.15, 0.2) is 42.5 Å². The van der Waals surface area contributed by atoms with Gasteiger partial charge in [-0.2, -0.15) is 0 Å². The number of likely N-dealkylation sites (tertiary alicyclic amines) is 1. The highest BCUT2D eigenvalue weighted by atomic mass is 35.5. The molecule has 0 aromatic heterocycles. The average molecular weight is 403 g/mol. The van der Waals surface area contributed by atoms with Crippen molar-refractivity contribution in [2.75, 3.05) is 19.6 Å². The number of halogens is 2. The molecular weight excluding hydrogens is 381 g/mol. The van der Waals surface area contributed by atoms with Gasteiger partial charge in [0.2, 0.25) is 5.39 Å². The second-order valence-electron chi connectivity index (χ2n) is 7.17. The Morgan fingerprint density at radius 1 is 1.21 bits per heavy atom. The lowest BCUT2D eigenvalue weighted by Crippen LogP contribution is -2.42. The van der Waals surface area contributed by atoms with Crippen LogP contribution in [0.2, 0.25) is 5.02 Å². The number of carbonyl (C=O) groups is 1. The van der Waals surface area contributed by atoms with Crippen LogP contribution in [0.1, 0.15) is 41.6 Å². The number of carbonyl (C=O) groups excluding carboxylic acids is 1. The van der Waals surface area contributed by atoms with Gasteiger partial charge < -0.3 is 10.0 Å². The Hall–Kier alpha value is -2.33. The molecule has 1 saturated heterocycles. The number of aliphatic hydroxyl groups is 1. The number of ketones is 1. The van der Waals surface area contributed by atoms with Crippen LogP contribution >= 0.6 is 11.6 Å². The molecule has 5 nitrogen and oxygen atoms in total. The fraction of sp³-hybridized carbons (Fsp3) is 0.381. The van der Waals surface area contributed by atoms with E-state index >= 15 is 0 Å². The first-order valence-electron chi connectivity index (χ1n) is 9.30. The van der Waals surface area contributed by atoms with Gasteiger partial charge >= 0.3 is 5.69 Å². The van der Waals surface area contributed by atoms with Gasteiger partial charge in [0, 0.05) is 24.5 Å². The smallest absolute Gasteiger partial charge is 0.385 e. The highest BCUT2D eigenvalue weighted by Crippen LogP contribution is 2.33. The van der Waals surface area contributed by atoms with Gasteiger partial charge in [-0.15, -0.1) is 0 Å². The molecule has 2 aromatic rings. The van der Waals surface area contributed by atoms with Gasteiger partial charge in [0.25, 0.3) is 0 Å². The van der Waals surface area contributed by atoms with Gasteiger partial charge in [-0.1, -0.05) is 23.7 Å². The molecule has 0 radical (unpaired) electrons. The Balaban J connectivity index is 1.49. The lowest BCUT2D eigenvalue weighted by molar-refractivity contribution is -0.0260. The third-order valence-electron chi connectivity index (χ3n) is 5.31. The van der Waals surface area contributed by atoms with Crippen LogP contribution in [0.5, 0.6) is 0 Å². The summed E-state index contributed by atoms with van der Waals surface area (Å²) in [5.74, 6) is -0.728. The maximum absolute atomic E-state index is 13.2. The van der Waals surface area contributed by atoms with Gasteiger partial charge in [0.05, 0.1) is 11.7 Å². The molecule has 1 aliphatic rings. The van der Waals surface area contributed by atoms with Gasteiger partial charge in [-0.3, -0.25) is 4.79 Å². The number of piperidine rings is 1. The highest BCUT2D eigenvalue weighted by molar-refractivity contribution is 6.30. The summed E-state index contributed by atoms with van der Waals surface area (Å²) in [4.78, 5) is 17.5. The number of Topliss-reactive ketones (excluding diaryl/α,β-unsaturated/α-hetero) is 1. The van der Waals surface area contributed by atoms with E-state index in [1.54, 1.807) is 12.1 Å². The molecule has 7 heteroatoms. The van der Waals surface area contributed by atoms with E-state index in [-0.39, 0.29) is 23.5 Å². The van der Waals surface area contributed by atoms with Crippen LogP contribution in [0.25, 0.3) is 4.98 Å². The van der Waals surface area contributed by atoms with E-state index in [2.05, 4.69) is 9.88 Å². The molecule has 1 fully saturated rings. The molecule has 0 spiro atoms. The van der Waals surface area contributed by atoms with E-state index in [4.69, 9.17) is 17.0 Å². The summed E-state index contributed by atoms with van der Waals surface area (Å²) >= 11 is 5.92. The molecular formula is C21H22ClFN3O2+. The van der Waals surface area contributed by atoms with Gasteiger partial charge in [0.1, 0.15) is 11.4 Å². The molecule has 2 aromatic carbocycles. The summed E-state index contributed by atoms with van der Waals surface area (Å²) in [5.41, 5.74) is 0.210. The average Bonchev–Trinajstić information content (AvgIpc) is 2.69. The summed E-state index contributed by atoms with van der Waals surface area (Å²) < 4.78 is 13.2. The lowest BCUT2D eigenvalue weighted by Gasteiger charge is -2.38. The molecule has 1 heterocycles. The van der Waals surface area contributed by atoms with Crippen molar-refractivity contribution in [3.05, 3.63) is 69.4 Å². The quantitative estimate of drug-likeness (QED) is 0.550. The number of nitrogens with zero attached hydrogens (tertiary/aromatic N) is 3. The predicted molar refractivity (Wildman–Crippen MR) is 106 cm³/mol. The lowest BCUT2D eigenvalue weighted by atomic mass is 9.84. The summed E-state index contributed by atoms with van der Waals surface area (Å²) in [5, 5.41) is 20.5. The Morgan fingerprint density at radius 2 is 1.89 bits per heavy atom. The second kappa shape index (κ2) is 8.78. The summed E-state index contributed by atoms with van der Waals surface area (Å²) in [6, 6.07) is 10.9. The highest BCUT2D eigenvalue weighted by Gasteiger charge is 2.33. The van der Waals surface area contributed by atoms with Crippen LogP contribution in [0.3, 0.4) is 0 Å². The fourth-order valence-electron chi connectivity index (χ4n) is 3.62. The molecule has 1 aliphatic heterocycles. The van der Waals surface area contributed by atoms with Crippen molar-refractivity contribution in [1.29, 1.82) is 5.39 Å². The first kappa shape index (κ1) is 20.4. The summed E-state index contributed by atoms with van der Waals surface area (Å²) in [7, 11) is 0. The maximum Gasteiger partial charge on any atom is 0.398 e. The monoisotopic (exact) mass is 402 g/mol. The Labute approximate surface area is 168 Å². The minimum atomic E-state index is -0.845. The van der Waals surface area contributed by atoms with Crippen LogP contribution in [0, 0.1) is 11.2 Å². The van der Waals surface area contributed by atoms with Gasteiger partial charge in [0.15, 0.2) is 10.8 Å². The van der Waals surface area contributed by atoms with Crippen molar-refractivity contribution in [3.63, 3.8) is 0 Å². The SMILES string of the molecule is N#[N+]c1cc(F)ccc1C(=O)CCCN1CCC(O)(c2ccc(Cl)cc2)CC1. The summed E-state index contributed by atoms with van der Waals surface area (Å²) in [6.07, 6.45) is 2.16. The molecule has 0 bridgehead atoms. The first-order chi connectivity index (χ1) is 13.4. The standard InChI is InChI=1S/C21H22ClFN3O2/c22-16-5-3-15(4-6-16)21(28)9-12-26(13-10-21)11-1-2-20(27)18-8-7-17(23)14-19(18)25-24/h3-8,14,28H,1-2,9-13H2/q+1. The topological polar surface area (TPSA) is 68.7 Å². The van der Waals surface area contributed by atoms with E-state index in [0.29, 0.717) is 24.3 Å². The van der Waals surface area contributed by atoms with Crippen molar-refractivity contribution in [2.45, 2.75) is 31.3 Å². The normalized spacial score (nSPS) is 16.5. The zero-order chi connectivity index (χ0) is 20.1. The van der Waals surface area contributed by atoms with Crippen molar-refractivity contribution in [1.82, 2.24) is 4.90 Å². The number of benzene rings is 2. The minimum Gasteiger partial charge on any atom is -0.385 e. The number of rotatable bonds is 6. The van der Waals surface area contributed by atoms with E-state index in [1.165, 1.54) is 12.1 Å². The zero-order valence-corrected chi connectivity index (χ0v) is 16.2. The Kier molecular flexibility index (Phi) is 6.40. The third kappa shape index (κ3) is 4.74. The molecule has 0 atom stereocenters. The molecule has 0 unspecified atom stereocenters. The van der Waals surface area contributed by atoms with E-state index in [9.17, 15) is 14.3 Å². The number of hydrogen-bond donors (Lipinski definition) is 1. The van der Waals surface area contributed by atoms with Crippen LogP contribution in [-0.4, -0.2) is 35.4 Å². The van der Waals surface area contributed by atoms with E-state index in [1.807, 2.05) is 12.1 Å². The first-order valence-corrected chi connectivity index (χ1v) is 9.68. The fourth-order valence-corrected chi connectivity index (χ4v) is 3.74. The van der Waals surface area contributed by atoms with Gasteiger partial charge in [-0.05, 0) is 55.6 Å². The van der Waals surface area contributed by atoms with Crippen LogP contribution < -0.4 is 0 Å². The molecule has 3 rings (SSSR count). The van der Waals surface area contributed by atoms with Crippen molar-refractivity contribution in [2.24, 2.45) is 0 Å². The number of diazo groups is 1. The van der Waals surface area contributed by atoms with Gasteiger partial charge in [-0.25, -0.2) is 4.39 Å². The zero-order valence-electron chi connectivity index (χ0n) is 15.4. The van der Waals surface area contributed by atoms with Crippen LogP contribution in [0.4, 0.5) is 10.1 Å². The van der Waals surface area contributed by atoms with E-state index in [0.717, 1.165) is 31.3 Å². The molecule has 0 aliphatic carbocycles. The summed E-state index contributed by atoms with van der Waals surface area (Å²) in [6.45, 7) is 2.21. The van der Waals surface area contributed by atoms with Crippen molar-refractivity contribution < 1.29 is 14.3 Å². The predicted octanol–water partition coefficient (Wildman–Crippen LogP) is 4.91. The minimum absolute atomic E-state index is 0.0454. The largest absolute Gasteiger partial charge is 0.398 e. The van der Waals surface area contributed by atoms with Crippen molar-refractivity contribution in [3.8, 4) is 0 Å². The number of hydrogen-bond acceptors (Lipinski definition) is 4. The Bertz CT molecular complexity index is 888. The Morgan fingerprint density at radius 3 is 2.54 bits per heavy atom. The molecule has 146 valence electrons. The molecule has 28 heavy (non-hydrogen) atoms. The molecule has 0 amide bonds. The second-order valence-corrected chi connectivity index (χ2v) is 7.60. The third-order valence-corrected chi connectivity index (χ3v) is 5.56. The molecule has 0 saturated carbocycles. The molecule has 1 N–H and O–H groups in total. The van der Waals surface area contributed by atoms with E-state index < -0.39 is 11.4 Å². The van der Waals surface area contributed by atoms with Crippen molar-refractivity contribution >= 4 is 23.1 Å². The van der Waals surface area contributed by atoms with Crippen LogP contribution in [-0.2, 0) is 5.60 Å².